The molecule has 0 aliphatic rings. The number of hydrogen-bond acceptors (Lipinski definition) is 1. The average Bonchev–Trinajstić information content (AvgIpc) is 2.04. The van der Waals surface area contributed by atoms with Gasteiger partial charge in [-0.05, 0) is 19.1 Å². The maximum absolute atomic E-state index is 13.2. The standard InChI is InChI=1S/C10H10ClFO/c1-3-13-8-4-5-9(7(2)11)10(12)6-8/h4-6H,2-3H2,1H3. The molecular formula is C10H10ClFO. The lowest BCUT2D eigenvalue weighted by Gasteiger charge is -2.05. The van der Waals surface area contributed by atoms with Gasteiger partial charge in [0.15, 0.2) is 0 Å². The maximum Gasteiger partial charge on any atom is 0.135 e. The molecule has 0 radical (unpaired) electrons. The third kappa shape index (κ3) is 2.46. The fourth-order valence-corrected chi connectivity index (χ4v) is 1.13. The fraction of sp³-hybridized carbons (Fsp3) is 0.200. The van der Waals surface area contributed by atoms with Gasteiger partial charge in [0, 0.05) is 16.7 Å². The van der Waals surface area contributed by atoms with Crippen LogP contribution in [0.5, 0.6) is 5.75 Å². The first-order valence-corrected chi connectivity index (χ1v) is 4.30. The molecule has 0 heterocycles. The van der Waals surface area contributed by atoms with E-state index < -0.39 is 5.82 Å². The molecule has 0 aliphatic carbocycles. The highest BCUT2D eigenvalue weighted by molar-refractivity contribution is 6.48. The summed E-state index contributed by atoms with van der Waals surface area (Å²) in [6.45, 7) is 5.80. The molecule has 0 N–H and O–H groups in total. The first-order valence-electron chi connectivity index (χ1n) is 3.92. The molecule has 1 aromatic rings. The van der Waals surface area contributed by atoms with Crippen molar-refractivity contribution in [2.24, 2.45) is 0 Å². The zero-order chi connectivity index (χ0) is 9.84. The van der Waals surface area contributed by atoms with Crippen molar-refractivity contribution in [2.45, 2.75) is 6.92 Å². The Kier molecular flexibility index (Phi) is 3.32. The first-order chi connectivity index (χ1) is 6.15. The van der Waals surface area contributed by atoms with Crippen molar-refractivity contribution in [1.82, 2.24) is 0 Å². The van der Waals surface area contributed by atoms with Crippen LogP contribution in [0.4, 0.5) is 4.39 Å². The summed E-state index contributed by atoms with van der Waals surface area (Å²) in [6, 6.07) is 4.51. The van der Waals surface area contributed by atoms with Crippen LogP contribution in [0.25, 0.3) is 5.03 Å². The predicted octanol–water partition coefficient (Wildman–Crippen LogP) is 3.43. The Morgan fingerprint density at radius 1 is 1.62 bits per heavy atom. The Bertz CT molecular complexity index is 323. The summed E-state index contributed by atoms with van der Waals surface area (Å²) >= 11 is 5.56. The van der Waals surface area contributed by atoms with Crippen molar-refractivity contribution in [3.63, 3.8) is 0 Å². The second-order valence-corrected chi connectivity index (χ2v) is 2.94. The van der Waals surface area contributed by atoms with E-state index in [9.17, 15) is 4.39 Å². The largest absolute Gasteiger partial charge is 0.494 e. The molecule has 0 spiro atoms. The van der Waals surface area contributed by atoms with Crippen LogP contribution < -0.4 is 4.74 Å². The van der Waals surface area contributed by atoms with Gasteiger partial charge in [-0.1, -0.05) is 18.2 Å². The monoisotopic (exact) mass is 200 g/mol. The third-order valence-electron chi connectivity index (χ3n) is 1.54. The van der Waals surface area contributed by atoms with Gasteiger partial charge in [-0.25, -0.2) is 4.39 Å². The molecule has 0 bridgehead atoms. The summed E-state index contributed by atoms with van der Waals surface area (Å²) in [5.41, 5.74) is 0.310. The van der Waals surface area contributed by atoms with Gasteiger partial charge in [-0.2, -0.15) is 0 Å². The SMILES string of the molecule is C=C(Cl)c1ccc(OCC)cc1F. The second-order valence-electron chi connectivity index (χ2n) is 2.48. The van der Waals surface area contributed by atoms with Crippen molar-refractivity contribution in [3.8, 4) is 5.75 Å². The lowest BCUT2D eigenvalue weighted by Crippen LogP contribution is -1.93. The van der Waals surface area contributed by atoms with E-state index in [1.165, 1.54) is 6.07 Å². The number of ether oxygens (including phenoxy) is 1. The predicted molar refractivity (Wildman–Crippen MR) is 52.5 cm³/mol. The van der Waals surface area contributed by atoms with E-state index in [0.717, 1.165) is 0 Å². The van der Waals surface area contributed by atoms with Crippen LogP contribution in [-0.4, -0.2) is 6.61 Å². The van der Waals surface area contributed by atoms with Crippen LogP contribution in [0.1, 0.15) is 12.5 Å². The minimum Gasteiger partial charge on any atom is -0.494 e. The molecule has 0 fully saturated rings. The molecule has 1 nitrogen and oxygen atoms in total. The summed E-state index contributed by atoms with van der Waals surface area (Å²) in [6.07, 6.45) is 0. The zero-order valence-electron chi connectivity index (χ0n) is 7.31. The van der Waals surface area contributed by atoms with Gasteiger partial charge < -0.3 is 4.74 Å². The van der Waals surface area contributed by atoms with E-state index in [1.807, 2.05) is 6.92 Å². The van der Waals surface area contributed by atoms with Crippen molar-refractivity contribution in [3.05, 3.63) is 36.2 Å². The smallest absolute Gasteiger partial charge is 0.135 e. The Morgan fingerprint density at radius 2 is 2.31 bits per heavy atom. The van der Waals surface area contributed by atoms with Crippen molar-refractivity contribution >= 4 is 16.6 Å². The van der Waals surface area contributed by atoms with E-state index in [4.69, 9.17) is 16.3 Å². The molecule has 0 amide bonds. The lowest BCUT2D eigenvalue weighted by molar-refractivity contribution is 0.338. The molecule has 3 heteroatoms. The van der Waals surface area contributed by atoms with E-state index in [1.54, 1.807) is 12.1 Å². The molecule has 0 aromatic heterocycles. The Hall–Kier alpha value is -1.02. The molecular weight excluding hydrogens is 191 g/mol. The van der Waals surface area contributed by atoms with Gasteiger partial charge in [-0.3, -0.25) is 0 Å². The van der Waals surface area contributed by atoms with E-state index in [0.29, 0.717) is 17.9 Å². The summed E-state index contributed by atoms with van der Waals surface area (Å²) in [4.78, 5) is 0. The summed E-state index contributed by atoms with van der Waals surface area (Å²) in [7, 11) is 0. The van der Waals surface area contributed by atoms with Crippen LogP contribution in [0.3, 0.4) is 0 Å². The van der Waals surface area contributed by atoms with Gasteiger partial charge in [0.1, 0.15) is 11.6 Å². The summed E-state index contributed by atoms with van der Waals surface area (Å²) in [5.74, 6) is 0.0904. The van der Waals surface area contributed by atoms with Crippen molar-refractivity contribution < 1.29 is 9.13 Å². The molecule has 70 valence electrons. The highest BCUT2D eigenvalue weighted by Gasteiger charge is 2.05. The number of halogens is 2. The Morgan fingerprint density at radius 3 is 2.77 bits per heavy atom. The molecule has 0 saturated carbocycles. The second kappa shape index (κ2) is 4.28. The van der Waals surface area contributed by atoms with Crippen LogP contribution in [0.15, 0.2) is 24.8 Å². The summed E-state index contributed by atoms with van der Waals surface area (Å²) < 4.78 is 18.3. The molecule has 1 aromatic carbocycles. The third-order valence-corrected chi connectivity index (χ3v) is 1.75. The van der Waals surface area contributed by atoms with Crippen LogP contribution in [0, 0.1) is 5.82 Å². The molecule has 0 aliphatic heterocycles. The highest BCUT2D eigenvalue weighted by Crippen LogP contribution is 2.23. The number of rotatable bonds is 3. The van der Waals surface area contributed by atoms with Crippen molar-refractivity contribution in [2.75, 3.05) is 6.61 Å². The molecule has 0 unspecified atom stereocenters. The number of hydrogen-bond donors (Lipinski definition) is 0. The van der Waals surface area contributed by atoms with Crippen LogP contribution in [0.2, 0.25) is 0 Å². The molecule has 0 saturated heterocycles. The van der Waals surface area contributed by atoms with Gasteiger partial charge in [0.25, 0.3) is 0 Å². The van der Waals surface area contributed by atoms with E-state index in [-0.39, 0.29) is 5.03 Å². The first kappa shape index (κ1) is 10.1. The van der Waals surface area contributed by atoms with E-state index >= 15 is 0 Å². The van der Waals surface area contributed by atoms with Gasteiger partial charge >= 0.3 is 0 Å². The van der Waals surface area contributed by atoms with Crippen molar-refractivity contribution in [1.29, 1.82) is 0 Å². The molecule has 1 rings (SSSR count). The maximum atomic E-state index is 13.2. The van der Waals surface area contributed by atoms with Gasteiger partial charge in [-0.15, -0.1) is 0 Å². The number of benzene rings is 1. The van der Waals surface area contributed by atoms with Gasteiger partial charge in [0.05, 0.1) is 6.61 Å². The normalized spacial score (nSPS) is 9.77. The minimum absolute atomic E-state index is 0.195. The van der Waals surface area contributed by atoms with E-state index in [2.05, 4.69) is 6.58 Å². The molecule has 0 atom stereocenters. The fourth-order valence-electron chi connectivity index (χ4n) is 0.972. The topological polar surface area (TPSA) is 9.23 Å². The van der Waals surface area contributed by atoms with Crippen LogP contribution >= 0.6 is 11.6 Å². The Balaban J connectivity index is 2.98. The Labute approximate surface area is 81.8 Å². The quantitative estimate of drug-likeness (QED) is 0.727. The lowest BCUT2D eigenvalue weighted by atomic mass is 10.2. The highest BCUT2D eigenvalue weighted by atomic mass is 35.5. The van der Waals surface area contributed by atoms with Crippen LogP contribution in [-0.2, 0) is 0 Å². The average molecular weight is 201 g/mol. The van der Waals surface area contributed by atoms with Gasteiger partial charge in [0.2, 0.25) is 0 Å². The molecule has 13 heavy (non-hydrogen) atoms. The summed E-state index contributed by atoms with van der Waals surface area (Å²) in [5, 5.41) is 0.195. The zero-order valence-corrected chi connectivity index (χ0v) is 8.07. The minimum atomic E-state index is -0.411.